The lowest BCUT2D eigenvalue weighted by Gasteiger charge is -2.01. The first-order valence-electron chi connectivity index (χ1n) is 7.21. The van der Waals surface area contributed by atoms with Gasteiger partial charge < -0.3 is 4.74 Å². The largest absolute Gasteiger partial charge is 0.497 e. The summed E-state index contributed by atoms with van der Waals surface area (Å²) in [5.41, 5.74) is 1.22. The Morgan fingerprint density at radius 3 is 2.77 bits per heavy atom. The van der Waals surface area contributed by atoms with Gasteiger partial charge >= 0.3 is 0 Å². The van der Waals surface area contributed by atoms with Crippen LogP contribution in [-0.4, -0.2) is 32.7 Å². The molecule has 0 aliphatic carbocycles. The van der Waals surface area contributed by atoms with Crippen LogP contribution in [0.2, 0.25) is 0 Å². The topological polar surface area (TPSA) is 52.3 Å². The Morgan fingerprint density at radius 2 is 2.05 bits per heavy atom. The van der Waals surface area contributed by atoms with Gasteiger partial charge in [-0.2, -0.15) is 21.4 Å². The Hall–Kier alpha value is -1.60. The van der Waals surface area contributed by atoms with E-state index >= 15 is 0 Å². The molecule has 3 aromatic rings. The van der Waals surface area contributed by atoms with Crippen LogP contribution in [-0.2, 0) is 12.2 Å². The molecule has 5 nitrogen and oxygen atoms in total. The van der Waals surface area contributed by atoms with Crippen LogP contribution < -0.4 is 4.74 Å². The van der Waals surface area contributed by atoms with Gasteiger partial charge in [0, 0.05) is 6.42 Å². The van der Waals surface area contributed by atoms with Gasteiger partial charge in [0.15, 0.2) is 5.82 Å². The molecule has 1 aromatic carbocycles. The molecular weight excluding hydrogens is 316 g/mol. The first-order chi connectivity index (χ1) is 10.8. The van der Waals surface area contributed by atoms with Crippen molar-refractivity contribution in [1.82, 2.24) is 19.8 Å². The third-order valence-corrected chi connectivity index (χ3v) is 5.25. The quantitative estimate of drug-likeness (QED) is 0.620. The monoisotopic (exact) mass is 334 g/mol. The lowest BCUT2D eigenvalue weighted by atomic mass is 10.1. The van der Waals surface area contributed by atoms with Crippen LogP contribution in [0.3, 0.4) is 0 Å². The Morgan fingerprint density at radius 1 is 1.23 bits per heavy atom. The maximum atomic E-state index is 5.18. The predicted octanol–water partition coefficient (Wildman–Crippen LogP) is 3.43. The van der Waals surface area contributed by atoms with Gasteiger partial charge in [-0.15, -0.1) is 10.2 Å². The summed E-state index contributed by atoms with van der Waals surface area (Å²) in [4.78, 5) is 0.871. The highest BCUT2D eigenvalue weighted by atomic mass is 32.2. The summed E-state index contributed by atoms with van der Waals surface area (Å²) in [6.45, 7) is 2.18. The molecule has 0 fully saturated rings. The molecule has 0 bridgehead atoms. The molecule has 2 aromatic heterocycles. The average molecular weight is 334 g/mol. The fourth-order valence-electron chi connectivity index (χ4n) is 2.08. The maximum Gasteiger partial charge on any atom is 0.234 e. The molecule has 0 N–H and O–H groups in total. The Bertz CT molecular complexity index is 736. The Balaban J connectivity index is 1.73. The molecule has 0 unspecified atom stereocenters. The van der Waals surface area contributed by atoms with E-state index in [0.29, 0.717) is 0 Å². The summed E-state index contributed by atoms with van der Waals surface area (Å²) in [6.07, 6.45) is 1.98. The molecular formula is C15H18N4OS2. The second-order valence-corrected chi connectivity index (χ2v) is 7.03. The van der Waals surface area contributed by atoms with Crippen LogP contribution in [0.5, 0.6) is 5.75 Å². The van der Waals surface area contributed by atoms with Crippen molar-refractivity contribution in [2.24, 2.45) is 0 Å². The van der Waals surface area contributed by atoms with Crippen molar-refractivity contribution in [2.45, 2.75) is 25.5 Å². The molecule has 0 aliphatic heterocycles. The molecule has 3 rings (SSSR count). The van der Waals surface area contributed by atoms with E-state index in [9.17, 15) is 0 Å². The SMILES string of the molecule is CCCSCc1nnc2sc(Cc3ccc(OC)cc3)nn12. The number of methoxy groups -OCH3 is 1. The molecule has 0 amide bonds. The van der Waals surface area contributed by atoms with Crippen LogP contribution in [0.15, 0.2) is 24.3 Å². The van der Waals surface area contributed by atoms with E-state index in [0.717, 1.165) is 39.5 Å². The fourth-order valence-corrected chi connectivity index (χ4v) is 3.77. The number of ether oxygens (including phenoxy) is 1. The molecule has 0 saturated heterocycles. The van der Waals surface area contributed by atoms with Crippen molar-refractivity contribution in [3.05, 3.63) is 40.7 Å². The number of benzene rings is 1. The van der Waals surface area contributed by atoms with E-state index in [1.807, 2.05) is 28.4 Å². The average Bonchev–Trinajstić information content (AvgIpc) is 3.09. The standard InChI is InChI=1S/C15H18N4OS2/c1-3-8-21-10-13-16-17-15-19(13)18-14(22-15)9-11-4-6-12(20-2)7-5-11/h4-7H,3,8-10H2,1-2H3. The summed E-state index contributed by atoms with van der Waals surface area (Å²) in [7, 11) is 1.68. The number of fused-ring (bicyclic) bond motifs is 1. The zero-order valence-electron chi connectivity index (χ0n) is 12.7. The lowest BCUT2D eigenvalue weighted by molar-refractivity contribution is 0.414. The van der Waals surface area contributed by atoms with Crippen molar-refractivity contribution in [2.75, 3.05) is 12.9 Å². The fraction of sp³-hybridized carbons (Fsp3) is 0.400. The highest BCUT2D eigenvalue weighted by molar-refractivity contribution is 7.98. The number of hydrogen-bond acceptors (Lipinski definition) is 6. The molecule has 0 aliphatic rings. The molecule has 22 heavy (non-hydrogen) atoms. The predicted molar refractivity (Wildman–Crippen MR) is 90.9 cm³/mol. The van der Waals surface area contributed by atoms with Crippen molar-refractivity contribution < 1.29 is 4.74 Å². The van der Waals surface area contributed by atoms with Crippen LogP contribution in [0.1, 0.15) is 29.7 Å². The molecule has 116 valence electrons. The number of nitrogens with zero attached hydrogens (tertiary/aromatic N) is 4. The van der Waals surface area contributed by atoms with Gasteiger partial charge in [-0.25, -0.2) is 0 Å². The van der Waals surface area contributed by atoms with Crippen molar-refractivity contribution >= 4 is 28.1 Å². The first kappa shape index (κ1) is 15.3. The third kappa shape index (κ3) is 3.41. The van der Waals surface area contributed by atoms with Crippen LogP contribution in [0, 0.1) is 0 Å². The number of aromatic nitrogens is 4. The van der Waals surface area contributed by atoms with E-state index in [1.54, 1.807) is 18.4 Å². The van der Waals surface area contributed by atoms with Crippen LogP contribution >= 0.6 is 23.1 Å². The zero-order chi connectivity index (χ0) is 15.4. The molecule has 0 radical (unpaired) electrons. The van der Waals surface area contributed by atoms with Crippen LogP contribution in [0.25, 0.3) is 4.96 Å². The van der Waals surface area contributed by atoms with Crippen molar-refractivity contribution in [3.8, 4) is 5.75 Å². The molecule has 2 heterocycles. The van der Waals surface area contributed by atoms with Crippen molar-refractivity contribution in [3.63, 3.8) is 0 Å². The third-order valence-electron chi connectivity index (χ3n) is 3.19. The lowest BCUT2D eigenvalue weighted by Crippen LogP contribution is -1.96. The summed E-state index contributed by atoms with van der Waals surface area (Å²) in [5, 5.41) is 14.2. The van der Waals surface area contributed by atoms with E-state index in [-0.39, 0.29) is 0 Å². The Labute approximate surface area is 137 Å². The van der Waals surface area contributed by atoms with Gasteiger partial charge in [0.05, 0.1) is 12.9 Å². The van der Waals surface area contributed by atoms with Crippen molar-refractivity contribution in [1.29, 1.82) is 0 Å². The normalized spacial score (nSPS) is 11.2. The first-order valence-corrected chi connectivity index (χ1v) is 9.18. The van der Waals surface area contributed by atoms with E-state index < -0.39 is 0 Å². The minimum Gasteiger partial charge on any atom is -0.497 e. The highest BCUT2D eigenvalue weighted by Gasteiger charge is 2.12. The van der Waals surface area contributed by atoms with Gasteiger partial charge in [-0.1, -0.05) is 30.4 Å². The summed E-state index contributed by atoms with van der Waals surface area (Å²) in [5.74, 6) is 3.81. The van der Waals surface area contributed by atoms with E-state index in [1.165, 1.54) is 12.0 Å². The maximum absolute atomic E-state index is 5.18. The van der Waals surface area contributed by atoms with Crippen LogP contribution in [0.4, 0.5) is 0 Å². The van der Waals surface area contributed by atoms with E-state index in [4.69, 9.17) is 4.74 Å². The van der Waals surface area contributed by atoms with Gasteiger partial charge in [0.25, 0.3) is 0 Å². The zero-order valence-corrected chi connectivity index (χ0v) is 14.3. The molecule has 0 atom stereocenters. The number of rotatable bonds is 7. The van der Waals surface area contributed by atoms with Gasteiger partial charge in [0.1, 0.15) is 10.8 Å². The second-order valence-electron chi connectivity index (χ2n) is 4.88. The highest BCUT2D eigenvalue weighted by Crippen LogP contribution is 2.21. The minimum atomic E-state index is 0.805. The Kier molecular flexibility index (Phi) is 4.94. The molecule has 0 saturated carbocycles. The van der Waals surface area contributed by atoms with E-state index in [2.05, 4.69) is 34.4 Å². The number of hydrogen-bond donors (Lipinski definition) is 0. The van der Waals surface area contributed by atoms with Gasteiger partial charge in [-0.05, 0) is 29.9 Å². The van der Waals surface area contributed by atoms with Gasteiger partial charge in [0.2, 0.25) is 4.96 Å². The molecule has 7 heteroatoms. The number of thioether (sulfide) groups is 1. The summed E-state index contributed by atoms with van der Waals surface area (Å²) in [6, 6.07) is 8.09. The summed E-state index contributed by atoms with van der Waals surface area (Å²) >= 11 is 3.47. The smallest absolute Gasteiger partial charge is 0.234 e. The molecule has 0 spiro atoms. The minimum absolute atomic E-state index is 0.805. The van der Waals surface area contributed by atoms with Gasteiger partial charge in [-0.3, -0.25) is 0 Å². The summed E-state index contributed by atoms with van der Waals surface area (Å²) < 4.78 is 7.06. The second kappa shape index (κ2) is 7.11.